The Labute approximate surface area is 137 Å². The summed E-state index contributed by atoms with van der Waals surface area (Å²) < 4.78 is 19.4. The van der Waals surface area contributed by atoms with Crippen LogP contribution in [0.1, 0.15) is 43.0 Å². The van der Waals surface area contributed by atoms with Crippen LogP contribution in [0.2, 0.25) is 0 Å². The number of amides is 1. The van der Waals surface area contributed by atoms with Crippen LogP contribution in [0.15, 0.2) is 22.7 Å². The third kappa shape index (κ3) is 4.29. The average Bonchev–Trinajstić information content (AvgIpc) is 2.77. The van der Waals surface area contributed by atoms with Crippen LogP contribution in [0.5, 0.6) is 0 Å². The van der Waals surface area contributed by atoms with Gasteiger partial charge >= 0.3 is 5.97 Å². The topological polar surface area (TPSA) is 46.6 Å². The van der Waals surface area contributed by atoms with Gasteiger partial charge in [-0.2, -0.15) is 0 Å². The summed E-state index contributed by atoms with van der Waals surface area (Å²) >= 11 is 3.18. The molecule has 0 aliphatic carbocycles. The highest BCUT2D eigenvalue weighted by Crippen LogP contribution is 2.18. The van der Waals surface area contributed by atoms with E-state index in [4.69, 9.17) is 4.74 Å². The Morgan fingerprint density at radius 2 is 1.86 bits per heavy atom. The summed E-state index contributed by atoms with van der Waals surface area (Å²) in [5, 5.41) is 0. The molecule has 1 fully saturated rings. The summed E-state index contributed by atoms with van der Waals surface area (Å²) in [5.41, 5.74) is -0.176. The summed E-state index contributed by atoms with van der Waals surface area (Å²) in [6, 6.07) is 4.03. The molecule has 1 aliphatic rings. The van der Waals surface area contributed by atoms with Gasteiger partial charge in [0.15, 0.2) is 6.10 Å². The highest BCUT2D eigenvalue weighted by atomic mass is 79.9. The summed E-state index contributed by atoms with van der Waals surface area (Å²) in [5.74, 6) is -1.71. The number of carbonyl (C=O) groups excluding carboxylic acids is 2. The van der Waals surface area contributed by atoms with E-state index < -0.39 is 17.9 Å². The maximum atomic E-state index is 13.7. The Bertz CT molecular complexity index is 556. The Morgan fingerprint density at radius 1 is 1.23 bits per heavy atom. The van der Waals surface area contributed by atoms with Crippen molar-refractivity contribution in [3.63, 3.8) is 0 Å². The molecule has 0 aromatic heterocycles. The van der Waals surface area contributed by atoms with E-state index in [-0.39, 0.29) is 11.5 Å². The summed E-state index contributed by atoms with van der Waals surface area (Å²) in [6.45, 7) is 2.90. The second-order valence-corrected chi connectivity index (χ2v) is 6.33. The molecule has 1 aliphatic heterocycles. The highest BCUT2D eigenvalue weighted by molar-refractivity contribution is 9.10. The molecule has 1 amide bonds. The van der Waals surface area contributed by atoms with E-state index in [0.29, 0.717) is 17.6 Å². The monoisotopic (exact) mass is 371 g/mol. The Morgan fingerprint density at radius 3 is 2.50 bits per heavy atom. The molecular weight excluding hydrogens is 353 g/mol. The molecule has 1 unspecified atom stereocenters. The van der Waals surface area contributed by atoms with Crippen molar-refractivity contribution in [1.29, 1.82) is 0 Å². The summed E-state index contributed by atoms with van der Waals surface area (Å²) in [4.78, 5) is 26.1. The second-order valence-electron chi connectivity index (χ2n) is 5.41. The fraction of sp³-hybridized carbons (Fsp3) is 0.500. The van der Waals surface area contributed by atoms with Crippen LogP contribution in [0.25, 0.3) is 0 Å². The summed E-state index contributed by atoms with van der Waals surface area (Å²) in [6.07, 6.45) is 3.24. The molecule has 22 heavy (non-hydrogen) atoms. The fourth-order valence-corrected chi connectivity index (χ4v) is 2.84. The number of rotatable bonds is 3. The molecule has 1 saturated heterocycles. The second kappa shape index (κ2) is 7.72. The maximum absolute atomic E-state index is 13.7. The minimum absolute atomic E-state index is 0.176. The molecule has 1 atom stereocenters. The number of ether oxygens (including phenoxy) is 1. The van der Waals surface area contributed by atoms with Gasteiger partial charge in [-0.15, -0.1) is 0 Å². The molecule has 1 aromatic carbocycles. The minimum atomic E-state index is -0.913. The smallest absolute Gasteiger partial charge is 0.341 e. The Balaban J connectivity index is 2.01. The number of carbonyl (C=O) groups is 2. The quantitative estimate of drug-likeness (QED) is 0.763. The molecule has 0 N–H and O–H groups in total. The Kier molecular flexibility index (Phi) is 5.94. The van der Waals surface area contributed by atoms with E-state index in [1.54, 1.807) is 4.90 Å². The van der Waals surface area contributed by atoms with Gasteiger partial charge in [-0.1, -0.05) is 28.8 Å². The first-order valence-electron chi connectivity index (χ1n) is 7.44. The number of hydrogen-bond donors (Lipinski definition) is 0. The van der Waals surface area contributed by atoms with E-state index in [9.17, 15) is 14.0 Å². The molecular formula is C16H19BrFNO3. The first-order chi connectivity index (χ1) is 10.5. The van der Waals surface area contributed by atoms with Crippen LogP contribution in [-0.4, -0.2) is 36.0 Å². The summed E-state index contributed by atoms with van der Waals surface area (Å²) in [7, 11) is 0. The lowest BCUT2D eigenvalue weighted by molar-refractivity contribution is -0.139. The molecule has 4 nitrogen and oxygen atoms in total. The number of likely N-dealkylation sites (tertiary alicyclic amines) is 1. The normalized spacial score (nSPS) is 16.8. The van der Waals surface area contributed by atoms with E-state index in [0.717, 1.165) is 25.7 Å². The van der Waals surface area contributed by atoms with Gasteiger partial charge in [0.1, 0.15) is 5.82 Å². The van der Waals surface area contributed by atoms with Crippen molar-refractivity contribution in [3.8, 4) is 0 Å². The van der Waals surface area contributed by atoms with Gasteiger partial charge in [-0.05, 0) is 38.0 Å². The molecule has 6 heteroatoms. The van der Waals surface area contributed by atoms with E-state index >= 15 is 0 Å². The zero-order valence-electron chi connectivity index (χ0n) is 12.5. The largest absolute Gasteiger partial charge is 0.449 e. The first kappa shape index (κ1) is 16.9. The predicted octanol–water partition coefficient (Wildman–Crippen LogP) is 3.54. The zero-order valence-corrected chi connectivity index (χ0v) is 14.1. The lowest BCUT2D eigenvalue weighted by atomic mass is 10.2. The van der Waals surface area contributed by atoms with Gasteiger partial charge in [0, 0.05) is 17.6 Å². The van der Waals surface area contributed by atoms with Crippen LogP contribution in [0.4, 0.5) is 4.39 Å². The molecule has 0 saturated carbocycles. The van der Waals surface area contributed by atoms with E-state index in [2.05, 4.69) is 15.9 Å². The van der Waals surface area contributed by atoms with Crippen molar-refractivity contribution in [2.75, 3.05) is 13.1 Å². The first-order valence-corrected chi connectivity index (χ1v) is 8.23. The van der Waals surface area contributed by atoms with Gasteiger partial charge in [-0.25, -0.2) is 9.18 Å². The van der Waals surface area contributed by atoms with Gasteiger partial charge < -0.3 is 9.64 Å². The van der Waals surface area contributed by atoms with Crippen LogP contribution in [0.3, 0.4) is 0 Å². The molecule has 1 heterocycles. The third-order valence-corrected chi connectivity index (χ3v) is 4.19. The van der Waals surface area contributed by atoms with Crippen LogP contribution in [0, 0.1) is 5.82 Å². The number of nitrogens with zero attached hydrogens (tertiary/aromatic N) is 1. The van der Waals surface area contributed by atoms with Crippen LogP contribution >= 0.6 is 15.9 Å². The lowest BCUT2D eigenvalue weighted by Crippen LogP contribution is -2.40. The van der Waals surface area contributed by atoms with Crippen molar-refractivity contribution >= 4 is 27.8 Å². The number of esters is 1. The fourth-order valence-electron chi connectivity index (χ4n) is 2.48. The minimum Gasteiger partial charge on any atom is -0.449 e. The number of benzene rings is 1. The highest BCUT2D eigenvalue weighted by Gasteiger charge is 2.26. The van der Waals surface area contributed by atoms with Gasteiger partial charge in [0.05, 0.1) is 5.56 Å². The van der Waals surface area contributed by atoms with Crippen molar-refractivity contribution in [1.82, 2.24) is 4.90 Å². The predicted molar refractivity (Wildman–Crippen MR) is 84.0 cm³/mol. The molecule has 0 bridgehead atoms. The van der Waals surface area contributed by atoms with Crippen LogP contribution < -0.4 is 0 Å². The maximum Gasteiger partial charge on any atom is 0.341 e. The van der Waals surface area contributed by atoms with Crippen molar-refractivity contribution < 1.29 is 18.7 Å². The third-order valence-electron chi connectivity index (χ3n) is 3.70. The van der Waals surface area contributed by atoms with Crippen LogP contribution in [-0.2, 0) is 9.53 Å². The Hall–Kier alpha value is -1.43. The molecule has 120 valence electrons. The molecule has 0 spiro atoms. The molecule has 2 rings (SSSR count). The van der Waals surface area contributed by atoms with Gasteiger partial charge in [0.2, 0.25) is 0 Å². The SMILES string of the molecule is CC(OC(=O)c1cc(Br)ccc1F)C(=O)N1CCCCCC1. The lowest BCUT2D eigenvalue weighted by Gasteiger charge is -2.24. The van der Waals surface area contributed by atoms with Gasteiger partial charge in [0.25, 0.3) is 5.91 Å². The van der Waals surface area contributed by atoms with Crippen molar-refractivity contribution in [2.45, 2.75) is 38.7 Å². The average molecular weight is 372 g/mol. The molecule has 0 radical (unpaired) electrons. The van der Waals surface area contributed by atoms with E-state index in [1.165, 1.54) is 25.1 Å². The number of halogens is 2. The van der Waals surface area contributed by atoms with Crippen molar-refractivity contribution in [3.05, 3.63) is 34.1 Å². The molecule has 1 aromatic rings. The van der Waals surface area contributed by atoms with Gasteiger partial charge in [-0.3, -0.25) is 4.79 Å². The zero-order chi connectivity index (χ0) is 16.1. The van der Waals surface area contributed by atoms with E-state index in [1.807, 2.05) is 0 Å². The van der Waals surface area contributed by atoms with Crippen molar-refractivity contribution in [2.24, 2.45) is 0 Å². The number of hydrogen-bond acceptors (Lipinski definition) is 3. The standard InChI is InChI=1S/C16H19BrFNO3/c1-11(15(20)19-8-4-2-3-5-9-19)22-16(21)13-10-12(17)6-7-14(13)18/h6-7,10-11H,2-5,8-9H2,1H3.